The van der Waals surface area contributed by atoms with Crippen molar-refractivity contribution < 1.29 is 9.72 Å². The predicted octanol–water partition coefficient (Wildman–Crippen LogP) is 2.46. The number of nitrogens with zero attached hydrogens (tertiary/aromatic N) is 3. The number of hydrogen-bond acceptors (Lipinski definition) is 4. The van der Waals surface area contributed by atoms with Crippen molar-refractivity contribution in [2.24, 2.45) is 17.8 Å². The van der Waals surface area contributed by atoms with Gasteiger partial charge in [-0.15, -0.1) is 0 Å². The van der Waals surface area contributed by atoms with E-state index >= 15 is 0 Å². The number of rotatable bonds is 3. The Labute approximate surface area is 140 Å². The SMILES string of the molecule is O=C(C1CC2C=CC1C2)N1CCN(c2ccc([N+](=O)[O-])cc2)CC1. The number of carbonyl (C=O) groups excluding carboxylic acids is 1. The van der Waals surface area contributed by atoms with Crippen molar-refractivity contribution in [1.29, 1.82) is 0 Å². The molecular weight excluding hydrogens is 306 g/mol. The monoisotopic (exact) mass is 327 g/mol. The lowest BCUT2D eigenvalue weighted by Crippen LogP contribution is -2.50. The van der Waals surface area contributed by atoms with Gasteiger partial charge >= 0.3 is 0 Å². The van der Waals surface area contributed by atoms with E-state index in [-0.39, 0.29) is 16.5 Å². The van der Waals surface area contributed by atoms with Gasteiger partial charge in [-0.3, -0.25) is 14.9 Å². The zero-order chi connectivity index (χ0) is 16.7. The van der Waals surface area contributed by atoms with Crippen molar-refractivity contribution in [2.75, 3.05) is 31.1 Å². The Kier molecular flexibility index (Phi) is 3.75. The lowest BCUT2D eigenvalue weighted by molar-refractivity contribution is -0.384. The molecule has 4 rings (SSSR count). The van der Waals surface area contributed by atoms with Crippen molar-refractivity contribution in [2.45, 2.75) is 12.8 Å². The Morgan fingerprint density at radius 2 is 1.75 bits per heavy atom. The van der Waals surface area contributed by atoms with Gasteiger partial charge in [-0.05, 0) is 36.8 Å². The molecule has 1 saturated heterocycles. The molecule has 1 aliphatic heterocycles. The second-order valence-corrected chi connectivity index (χ2v) is 6.97. The van der Waals surface area contributed by atoms with E-state index in [9.17, 15) is 14.9 Å². The summed E-state index contributed by atoms with van der Waals surface area (Å²) in [5.41, 5.74) is 1.09. The van der Waals surface area contributed by atoms with E-state index in [1.54, 1.807) is 12.1 Å². The Morgan fingerprint density at radius 3 is 2.29 bits per heavy atom. The third kappa shape index (κ3) is 2.66. The molecule has 126 valence electrons. The summed E-state index contributed by atoms with van der Waals surface area (Å²) in [6.45, 7) is 3.02. The zero-order valence-corrected chi connectivity index (χ0v) is 13.5. The molecule has 0 spiro atoms. The largest absolute Gasteiger partial charge is 0.368 e. The Morgan fingerprint density at radius 1 is 1.04 bits per heavy atom. The minimum Gasteiger partial charge on any atom is -0.368 e. The molecule has 1 amide bonds. The van der Waals surface area contributed by atoms with E-state index in [4.69, 9.17) is 0 Å². The number of carbonyl (C=O) groups is 1. The first-order chi connectivity index (χ1) is 11.6. The number of nitro groups is 1. The summed E-state index contributed by atoms with van der Waals surface area (Å²) in [7, 11) is 0. The summed E-state index contributed by atoms with van der Waals surface area (Å²) in [6, 6.07) is 6.65. The van der Waals surface area contributed by atoms with Crippen LogP contribution in [0.2, 0.25) is 0 Å². The van der Waals surface area contributed by atoms with E-state index in [1.165, 1.54) is 12.1 Å². The van der Waals surface area contributed by atoms with E-state index in [0.29, 0.717) is 17.7 Å². The molecule has 1 saturated carbocycles. The maximum Gasteiger partial charge on any atom is 0.269 e. The average molecular weight is 327 g/mol. The van der Waals surface area contributed by atoms with Gasteiger partial charge in [0.25, 0.3) is 5.69 Å². The molecule has 3 unspecified atom stereocenters. The minimum atomic E-state index is -0.385. The summed E-state index contributed by atoms with van der Waals surface area (Å²) < 4.78 is 0. The Hall–Kier alpha value is -2.37. The molecule has 1 aromatic carbocycles. The van der Waals surface area contributed by atoms with Gasteiger partial charge in [-0.25, -0.2) is 0 Å². The number of hydrogen-bond donors (Lipinski definition) is 0. The number of non-ortho nitro benzene ring substituents is 1. The lowest BCUT2D eigenvalue weighted by Gasteiger charge is -2.38. The van der Waals surface area contributed by atoms with Crippen LogP contribution in [-0.4, -0.2) is 41.9 Å². The normalized spacial score (nSPS) is 28.4. The quantitative estimate of drug-likeness (QED) is 0.486. The smallest absolute Gasteiger partial charge is 0.269 e. The number of anilines is 1. The van der Waals surface area contributed by atoms with Crippen LogP contribution in [0.1, 0.15) is 12.8 Å². The van der Waals surface area contributed by atoms with Gasteiger partial charge in [0.1, 0.15) is 0 Å². The van der Waals surface area contributed by atoms with Crippen molar-refractivity contribution in [1.82, 2.24) is 4.90 Å². The average Bonchev–Trinajstić information content (AvgIpc) is 3.25. The second kappa shape index (κ2) is 5.92. The molecule has 24 heavy (non-hydrogen) atoms. The highest BCUT2D eigenvalue weighted by Gasteiger charge is 2.41. The molecule has 6 nitrogen and oxygen atoms in total. The van der Waals surface area contributed by atoms with Crippen LogP contribution in [0.5, 0.6) is 0 Å². The molecule has 1 aromatic rings. The van der Waals surface area contributed by atoms with Gasteiger partial charge in [0.05, 0.1) is 4.92 Å². The highest BCUT2D eigenvalue weighted by Crippen LogP contribution is 2.44. The number of fused-ring (bicyclic) bond motifs is 2. The summed E-state index contributed by atoms with van der Waals surface area (Å²) in [6.07, 6.45) is 6.66. The molecule has 0 radical (unpaired) electrons. The van der Waals surface area contributed by atoms with Crippen LogP contribution in [0.3, 0.4) is 0 Å². The number of amides is 1. The van der Waals surface area contributed by atoms with Crippen LogP contribution in [0.15, 0.2) is 36.4 Å². The van der Waals surface area contributed by atoms with E-state index in [1.807, 2.05) is 4.90 Å². The Balaban J connectivity index is 1.35. The molecule has 0 aromatic heterocycles. The molecule has 3 aliphatic rings. The third-order valence-corrected chi connectivity index (χ3v) is 5.61. The van der Waals surface area contributed by atoms with Gasteiger partial charge in [-0.2, -0.15) is 0 Å². The van der Waals surface area contributed by atoms with E-state index < -0.39 is 0 Å². The molecule has 1 heterocycles. The number of allylic oxidation sites excluding steroid dienone is 2. The molecule has 3 atom stereocenters. The minimum absolute atomic E-state index is 0.108. The molecular formula is C18H21N3O3. The third-order valence-electron chi connectivity index (χ3n) is 5.61. The highest BCUT2D eigenvalue weighted by atomic mass is 16.6. The molecule has 0 N–H and O–H groups in total. The van der Waals surface area contributed by atoms with Gasteiger partial charge in [0, 0.05) is 49.9 Å². The fraction of sp³-hybridized carbons (Fsp3) is 0.500. The molecule has 2 fully saturated rings. The lowest BCUT2D eigenvalue weighted by atomic mass is 9.92. The summed E-state index contributed by atoms with van der Waals surface area (Å²) in [5.74, 6) is 1.57. The second-order valence-electron chi connectivity index (χ2n) is 6.97. The van der Waals surface area contributed by atoms with Gasteiger partial charge in [-0.1, -0.05) is 12.2 Å². The molecule has 2 bridgehead atoms. The van der Waals surface area contributed by atoms with Crippen LogP contribution in [0, 0.1) is 27.9 Å². The zero-order valence-electron chi connectivity index (χ0n) is 13.5. The van der Waals surface area contributed by atoms with Crippen LogP contribution in [0.25, 0.3) is 0 Å². The van der Waals surface area contributed by atoms with Crippen LogP contribution in [-0.2, 0) is 4.79 Å². The number of nitro benzene ring substituents is 1. The van der Waals surface area contributed by atoms with Crippen molar-refractivity contribution >= 4 is 17.3 Å². The summed E-state index contributed by atoms with van der Waals surface area (Å²) >= 11 is 0. The number of benzene rings is 1. The first kappa shape index (κ1) is 15.2. The van der Waals surface area contributed by atoms with Crippen LogP contribution < -0.4 is 4.90 Å². The summed E-state index contributed by atoms with van der Waals surface area (Å²) in [4.78, 5) is 27.3. The first-order valence-electron chi connectivity index (χ1n) is 8.58. The first-order valence-corrected chi connectivity index (χ1v) is 8.58. The highest BCUT2D eigenvalue weighted by molar-refractivity contribution is 5.80. The fourth-order valence-corrected chi connectivity index (χ4v) is 4.27. The summed E-state index contributed by atoms with van der Waals surface area (Å²) in [5, 5.41) is 10.7. The molecule has 6 heteroatoms. The van der Waals surface area contributed by atoms with Crippen molar-refractivity contribution in [3.05, 3.63) is 46.5 Å². The van der Waals surface area contributed by atoms with Crippen molar-refractivity contribution in [3.8, 4) is 0 Å². The van der Waals surface area contributed by atoms with Gasteiger partial charge in [0.2, 0.25) is 5.91 Å². The standard InChI is InChI=1S/C18H21N3O3/c22-18(17-12-13-1-2-14(17)11-13)20-9-7-19(8-10-20)15-3-5-16(6-4-15)21(23)24/h1-6,13-14,17H,7-12H2. The van der Waals surface area contributed by atoms with Crippen LogP contribution in [0.4, 0.5) is 11.4 Å². The van der Waals surface area contributed by atoms with E-state index in [0.717, 1.165) is 44.7 Å². The van der Waals surface area contributed by atoms with E-state index in [2.05, 4.69) is 17.1 Å². The fourth-order valence-electron chi connectivity index (χ4n) is 4.27. The van der Waals surface area contributed by atoms with Gasteiger partial charge < -0.3 is 9.80 Å². The maximum absolute atomic E-state index is 12.8. The van der Waals surface area contributed by atoms with Crippen LogP contribution >= 0.6 is 0 Å². The number of piperazine rings is 1. The molecule has 2 aliphatic carbocycles. The maximum atomic E-state index is 12.8. The van der Waals surface area contributed by atoms with Crippen molar-refractivity contribution in [3.63, 3.8) is 0 Å². The predicted molar refractivity (Wildman–Crippen MR) is 90.7 cm³/mol. The van der Waals surface area contributed by atoms with Gasteiger partial charge in [0.15, 0.2) is 0 Å². The Bertz CT molecular complexity index is 677. The topological polar surface area (TPSA) is 66.7 Å².